The van der Waals surface area contributed by atoms with Crippen molar-refractivity contribution >= 4 is 22.6 Å². The van der Waals surface area contributed by atoms with Gasteiger partial charge in [0.1, 0.15) is 11.6 Å². The normalized spacial score (nSPS) is 11.6. The van der Waals surface area contributed by atoms with Crippen LogP contribution in [0.5, 0.6) is 5.75 Å². The molecule has 0 saturated heterocycles. The van der Waals surface area contributed by atoms with E-state index in [4.69, 9.17) is 9.72 Å². The highest BCUT2D eigenvalue weighted by Gasteiger charge is 2.18. The summed E-state index contributed by atoms with van der Waals surface area (Å²) in [6.07, 6.45) is 3.90. The molecule has 3 aromatic carbocycles. The van der Waals surface area contributed by atoms with Crippen molar-refractivity contribution < 1.29 is 9.53 Å². The summed E-state index contributed by atoms with van der Waals surface area (Å²) in [5.74, 6) is 1.66. The Balaban J connectivity index is 1.40. The van der Waals surface area contributed by atoms with Gasteiger partial charge in [-0.3, -0.25) is 4.79 Å². The molecule has 7 heteroatoms. The third-order valence-corrected chi connectivity index (χ3v) is 7.25. The molecule has 4 rings (SSSR count). The van der Waals surface area contributed by atoms with Crippen molar-refractivity contribution in [3.05, 3.63) is 107 Å². The van der Waals surface area contributed by atoms with Crippen LogP contribution in [0.1, 0.15) is 54.7 Å². The molecule has 0 fully saturated rings. The standard InChI is InChI=1S/C31H36N4O2S/c1-3-4-19-35(31-33-29(34-38-31)23-25-14-11-17-27(21-25)37-2)20-18-30(36)32-28(26-15-9-6-10-16-26)22-24-12-7-5-8-13-24/h5-17,21,28H,3-4,18-20,22-23H2,1-2H3,(H,32,36). The molecule has 1 N–H and O–H groups in total. The van der Waals surface area contributed by atoms with Crippen LogP contribution in [0.3, 0.4) is 0 Å². The first-order valence-electron chi connectivity index (χ1n) is 13.2. The molecule has 0 aliphatic heterocycles. The molecule has 1 unspecified atom stereocenters. The number of rotatable bonds is 14. The van der Waals surface area contributed by atoms with Crippen LogP contribution in [0.4, 0.5) is 5.13 Å². The summed E-state index contributed by atoms with van der Waals surface area (Å²) >= 11 is 1.40. The molecule has 6 nitrogen and oxygen atoms in total. The first-order valence-corrected chi connectivity index (χ1v) is 14.0. The number of unbranched alkanes of at least 4 members (excludes halogenated alkanes) is 1. The maximum Gasteiger partial charge on any atom is 0.222 e. The highest BCUT2D eigenvalue weighted by Crippen LogP contribution is 2.22. The first-order chi connectivity index (χ1) is 18.6. The molecule has 0 aliphatic rings. The van der Waals surface area contributed by atoms with Crippen LogP contribution in [0, 0.1) is 0 Å². The van der Waals surface area contributed by atoms with Crippen molar-refractivity contribution in [1.29, 1.82) is 0 Å². The minimum atomic E-state index is -0.0776. The Morgan fingerprint density at radius 2 is 1.71 bits per heavy atom. The van der Waals surface area contributed by atoms with Gasteiger partial charge in [-0.05, 0) is 41.7 Å². The topological polar surface area (TPSA) is 67.4 Å². The minimum absolute atomic E-state index is 0.0393. The van der Waals surface area contributed by atoms with Gasteiger partial charge in [0.05, 0.1) is 13.2 Å². The van der Waals surface area contributed by atoms with Crippen LogP contribution in [0.25, 0.3) is 0 Å². The van der Waals surface area contributed by atoms with Crippen molar-refractivity contribution in [2.24, 2.45) is 0 Å². The Morgan fingerprint density at radius 1 is 0.974 bits per heavy atom. The maximum absolute atomic E-state index is 13.2. The predicted octanol–water partition coefficient (Wildman–Crippen LogP) is 6.23. The van der Waals surface area contributed by atoms with Gasteiger partial charge in [0.25, 0.3) is 0 Å². The molecule has 1 atom stereocenters. The molecule has 198 valence electrons. The van der Waals surface area contributed by atoms with Gasteiger partial charge in [0, 0.05) is 37.5 Å². The number of hydrogen-bond acceptors (Lipinski definition) is 6. The summed E-state index contributed by atoms with van der Waals surface area (Å²) in [6.45, 7) is 3.63. The van der Waals surface area contributed by atoms with Gasteiger partial charge < -0.3 is 15.0 Å². The number of carbonyl (C=O) groups is 1. The summed E-state index contributed by atoms with van der Waals surface area (Å²) in [5.41, 5.74) is 3.42. The zero-order chi connectivity index (χ0) is 26.6. The summed E-state index contributed by atoms with van der Waals surface area (Å²) < 4.78 is 9.94. The second-order valence-corrected chi connectivity index (χ2v) is 10.1. The Bertz CT molecular complexity index is 1260. The summed E-state index contributed by atoms with van der Waals surface area (Å²) in [7, 11) is 1.67. The van der Waals surface area contributed by atoms with Crippen LogP contribution < -0.4 is 15.0 Å². The number of hydrogen-bond donors (Lipinski definition) is 1. The number of anilines is 1. The van der Waals surface area contributed by atoms with E-state index in [1.165, 1.54) is 17.1 Å². The second-order valence-electron chi connectivity index (χ2n) is 9.33. The quantitative estimate of drug-likeness (QED) is 0.210. The Labute approximate surface area is 229 Å². The molecule has 0 spiro atoms. The molecule has 1 aromatic heterocycles. The van der Waals surface area contributed by atoms with Crippen LogP contribution in [-0.2, 0) is 17.6 Å². The molecule has 0 saturated carbocycles. The van der Waals surface area contributed by atoms with Gasteiger partial charge in [-0.2, -0.15) is 4.37 Å². The van der Waals surface area contributed by atoms with Crippen LogP contribution >= 0.6 is 11.5 Å². The SMILES string of the molecule is CCCCN(CCC(=O)NC(Cc1ccccc1)c1ccccc1)c1nc(Cc2cccc(OC)c2)ns1. The molecular weight excluding hydrogens is 492 g/mol. The number of ether oxygens (including phenoxy) is 1. The Hall–Kier alpha value is -3.71. The largest absolute Gasteiger partial charge is 0.497 e. The molecule has 38 heavy (non-hydrogen) atoms. The third-order valence-electron chi connectivity index (χ3n) is 6.43. The smallest absolute Gasteiger partial charge is 0.222 e. The Kier molecular flexibility index (Phi) is 10.3. The summed E-state index contributed by atoms with van der Waals surface area (Å²) in [5, 5.41) is 4.15. The zero-order valence-electron chi connectivity index (χ0n) is 22.2. The average Bonchev–Trinajstić information content (AvgIpc) is 3.42. The minimum Gasteiger partial charge on any atom is -0.497 e. The lowest BCUT2D eigenvalue weighted by Crippen LogP contribution is -2.34. The zero-order valence-corrected chi connectivity index (χ0v) is 23.0. The second kappa shape index (κ2) is 14.3. The van der Waals surface area contributed by atoms with E-state index < -0.39 is 0 Å². The van der Waals surface area contributed by atoms with E-state index in [0.29, 0.717) is 19.4 Å². The number of benzene rings is 3. The van der Waals surface area contributed by atoms with Crippen LogP contribution in [0.2, 0.25) is 0 Å². The predicted molar refractivity (Wildman–Crippen MR) is 155 cm³/mol. The van der Waals surface area contributed by atoms with Gasteiger partial charge in [0.15, 0.2) is 0 Å². The van der Waals surface area contributed by atoms with E-state index in [2.05, 4.69) is 51.8 Å². The van der Waals surface area contributed by atoms with Crippen molar-refractivity contribution in [3.8, 4) is 5.75 Å². The fraction of sp³-hybridized carbons (Fsp3) is 0.323. The number of nitrogens with zero attached hydrogens (tertiary/aromatic N) is 3. The van der Waals surface area contributed by atoms with Crippen molar-refractivity contribution in [2.75, 3.05) is 25.1 Å². The van der Waals surface area contributed by atoms with E-state index in [9.17, 15) is 4.79 Å². The summed E-state index contributed by atoms with van der Waals surface area (Å²) in [4.78, 5) is 20.2. The molecule has 4 aromatic rings. The van der Waals surface area contributed by atoms with Gasteiger partial charge in [-0.25, -0.2) is 4.98 Å². The fourth-order valence-electron chi connectivity index (χ4n) is 4.35. The lowest BCUT2D eigenvalue weighted by molar-refractivity contribution is -0.121. The molecule has 0 bridgehead atoms. The van der Waals surface area contributed by atoms with Crippen molar-refractivity contribution in [2.45, 2.75) is 45.1 Å². The molecule has 1 amide bonds. The van der Waals surface area contributed by atoms with Crippen molar-refractivity contribution in [1.82, 2.24) is 14.7 Å². The number of nitrogens with one attached hydrogen (secondary N) is 1. The highest BCUT2D eigenvalue weighted by molar-refractivity contribution is 7.09. The number of aromatic nitrogens is 2. The molecule has 0 aliphatic carbocycles. The highest BCUT2D eigenvalue weighted by atomic mass is 32.1. The van der Waals surface area contributed by atoms with Crippen LogP contribution in [0.15, 0.2) is 84.9 Å². The molecule has 0 radical (unpaired) electrons. The molecular formula is C31H36N4O2S. The summed E-state index contributed by atoms with van der Waals surface area (Å²) in [6, 6.07) is 28.4. The molecule has 1 heterocycles. The van der Waals surface area contributed by atoms with E-state index in [1.807, 2.05) is 54.6 Å². The van der Waals surface area contributed by atoms with Gasteiger partial charge >= 0.3 is 0 Å². The van der Waals surface area contributed by atoms with E-state index in [1.54, 1.807) is 7.11 Å². The van der Waals surface area contributed by atoms with Gasteiger partial charge in [-0.15, -0.1) is 0 Å². The fourth-order valence-corrected chi connectivity index (χ4v) is 5.09. The lowest BCUT2D eigenvalue weighted by atomic mass is 9.98. The maximum atomic E-state index is 13.2. The number of amides is 1. The first kappa shape index (κ1) is 27.3. The average molecular weight is 529 g/mol. The number of methoxy groups -OCH3 is 1. The lowest BCUT2D eigenvalue weighted by Gasteiger charge is -2.23. The van der Waals surface area contributed by atoms with Gasteiger partial charge in [0.2, 0.25) is 11.0 Å². The van der Waals surface area contributed by atoms with Crippen LogP contribution in [-0.4, -0.2) is 35.5 Å². The van der Waals surface area contributed by atoms with E-state index >= 15 is 0 Å². The van der Waals surface area contributed by atoms with Crippen molar-refractivity contribution in [3.63, 3.8) is 0 Å². The third kappa shape index (κ3) is 8.15. The van der Waals surface area contributed by atoms with E-state index in [-0.39, 0.29) is 11.9 Å². The monoisotopic (exact) mass is 528 g/mol. The van der Waals surface area contributed by atoms with E-state index in [0.717, 1.165) is 53.6 Å². The Morgan fingerprint density at radius 3 is 2.45 bits per heavy atom. The van der Waals surface area contributed by atoms with Gasteiger partial charge in [-0.1, -0.05) is 86.1 Å². The number of carbonyl (C=O) groups excluding carboxylic acids is 1.